The van der Waals surface area contributed by atoms with Gasteiger partial charge in [-0.15, -0.1) is 0 Å². The molecule has 0 bridgehead atoms. The van der Waals surface area contributed by atoms with Crippen LogP contribution in [0.2, 0.25) is 18.1 Å². The molecule has 0 fully saturated rings. The lowest BCUT2D eigenvalue weighted by atomic mass is 10.2. The first-order valence-corrected chi connectivity index (χ1v) is 10.5. The maximum atomic E-state index is 10.2. The maximum Gasteiger partial charge on any atom is 0.192 e. The van der Waals surface area contributed by atoms with E-state index in [2.05, 4.69) is 57.0 Å². The van der Waals surface area contributed by atoms with E-state index in [-0.39, 0.29) is 5.04 Å². The minimum Gasteiger partial charge on any atom is -0.414 e. The normalized spacial score (nSPS) is 14.6. The van der Waals surface area contributed by atoms with Gasteiger partial charge in [-0.05, 0) is 35.7 Å². The number of aromatic amines is 1. The van der Waals surface area contributed by atoms with Gasteiger partial charge in [0.05, 0.1) is 12.7 Å². The highest BCUT2D eigenvalue weighted by atomic mass is 28.4. The second-order valence-corrected chi connectivity index (χ2v) is 12.1. The van der Waals surface area contributed by atoms with Gasteiger partial charge in [-0.25, -0.2) is 0 Å². The van der Waals surface area contributed by atoms with Crippen LogP contribution >= 0.6 is 0 Å². The van der Waals surface area contributed by atoms with Gasteiger partial charge in [0, 0.05) is 17.6 Å². The molecule has 0 unspecified atom stereocenters. The van der Waals surface area contributed by atoms with E-state index in [0.29, 0.717) is 13.0 Å². The molecule has 2 aromatic rings. The van der Waals surface area contributed by atoms with Crippen molar-refractivity contribution in [1.82, 2.24) is 4.98 Å². The highest BCUT2D eigenvalue weighted by Crippen LogP contribution is 2.36. The van der Waals surface area contributed by atoms with Crippen molar-refractivity contribution in [2.45, 2.75) is 51.4 Å². The molecule has 0 aliphatic heterocycles. The molecule has 116 valence electrons. The summed E-state index contributed by atoms with van der Waals surface area (Å²) in [4.78, 5) is 3.35. The van der Waals surface area contributed by atoms with Crippen molar-refractivity contribution < 1.29 is 9.53 Å². The second kappa shape index (κ2) is 5.95. The molecule has 2 rings (SSSR count). The van der Waals surface area contributed by atoms with Gasteiger partial charge in [-0.2, -0.15) is 0 Å². The Kier molecular flexibility index (Phi) is 4.61. The van der Waals surface area contributed by atoms with Crippen molar-refractivity contribution in [2.24, 2.45) is 0 Å². The standard InChI is InChI=1S/C17H27NO2Si/c1-17(2,3)21(4,5)20-12-15(19)11-14-10-13-8-6-7-9-16(13)18-14/h6-10,15,18-19H,11-12H2,1-5H3/t15-/m0/s1. The van der Waals surface area contributed by atoms with Crippen LogP contribution in [0.25, 0.3) is 10.9 Å². The minimum atomic E-state index is -1.79. The predicted octanol–water partition coefficient (Wildman–Crippen LogP) is 4.09. The molecule has 0 radical (unpaired) electrons. The summed E-state index contributed by atoms with van der Waals surface area (Å²) in [6, 6.07) is 10.3. The molecule has 2 N–H and O–H groups in total. The first-order chi connectivity index (χ1) is 9.69. The number of nitrogens with one attached hydrogen (secondary N) is 1. The second-order valence-electron chi connectivity index (χ2n) is 7.31. The van der Waals surface area contributed by atoms with Crippen LogP contribution in [0.5, 0.6) is 0 Å². The Labute approximate surface area is 128 Å². The van der Waals surface area contributed by atoms with Crippen LogP contribution in [-0.2, 0) is 10.8 Å². The summed E-state index contributed by atoms with van der Waals surface area (Å²) >= 11 is 0. The molecule has 0 aliphatic carbocycles. The number of aromatic nitrogens is 1. The van der Waals surface area contributed by atoms with E-state index in [4.69, 9.17) is 4.43 Å². The Morgan fingerprint density at radius 1 is 1.24 bits per heavy atom. The zero-order chi connectivity index (χ0) is 15.7. The Bertz CT molecular complexity index is 565. The lowest BCUT2D eigenvalue weighted by molar-refractivity contribution is 0.0995. The lowest BCUT2D eigenvalue weighted by Crippen LogP contribution is -2.42. The number of hydrogen-bond acceptors (Lipinski definition) is 2. The predicted molar refractivity (Wildman–Crippen MR) is 91.2 cm³/mol. The Balaban J connectivity index is 1.94. The number of rotatable bonds is 5. The number of benzene rings is 1. The fourth-order valence-corrected chi connectivity index (χ4v) is 3.12. The highest BCUT2D eigenvalue weighted by Gasteiger charge is 2.37. The molecule has 0 spiro atoms. The fourth-order valence-electron chi connectivity index (χ4n) is 2.08. The van der Waals surface area contributed by atoms with E-state index in [0.717, 1.165) is 11.2 Å². The van der Waals surface area contributed by atoms with Gasteiger partial charge in [-0.1, -0.05) is 39.0 Å². The van der Waals surface area contributed by atoms with Crippen LogP contribution in [0.1, 0.15) is 26.5 Å². The van der Waals surface area contributed by atoms with Crippen LogP contribution in [0.15, 0.2) is 30.3 Å². The lowest BCUT2D eigenvalue weighted by Gasteiger charge is -2.36. The summed E-state index contributed by atoms with van der Waals surface area (Å²) < 4.78 is 6.08. The van der Waals surface area contributed by atoms with Gasteiger partial charge in [0.15, 0.2) is 8.32 Å². The topological polar surface area (TPSA) is 45.2 Å². The van der Waals surface area contributed by atoms with Gasteiger partial charge < -0.3 is 14.5 Å². The third kappa shape index (κ3) is 3.96. The van der Waals surface area contributed by atoms with Gasteiger partial charge in [0.2, 0.25) is 0 Å². The molecular formula is C17H27NO2Si. The van der Waals surface area contributed by atoms with Crippen LogP contribution < -0.4 is 0 Å². The van der Waals surface area contributed by atoms with E-state index in [1.165, 1.54) is 5.39 Å². The number of fused-ring (bicyclic) bond motifs is 1. The molecular weight excluding hydrogens is 278 g/mol. The van der Waals surface area contributed by atoms with E-state index in [1.54, 1.807) is 0 Å². The smallest absolute Gasteiger partial charge is 0.192 e. The molecule has 1 heterocycles. The van der Waals surface area contributed by atoms with E-state index >= 15 is 0 Å². The van der Waals surface area contributed by atoms with Crippen molar-refractivity contribution in [3.05, 3.63) is 36.0 Å². The van der Waals surface area contributed by atoms with Crippen molar-refractivity contribution in [3.8, 4) is 0 Å². The molecule has 0 saturated carbocycles. The summed E-state index contributed by atoms with van der Waals surface area (Å²) in [5, 5.41) is 11.6. The Morgan fingerprint density at radius 3 is 2.52 bits per heavy atom. The number of aliphatic hydroxyl groups is 1. The van der Waals surface area contributed by atoms with Crippen LogP contribution in [0.3, 0.4) is 0 Å². The number of aliphatic hydroxyl groups excluding tert-OH is 1. The zero-order valence-corrected chi connectivity index (χ0v) is 14.7. The molecule has 1 atom stereocenters. The number of para-hydroxylation sites is 1. The average molecular weight is 305 g/mol. The van der Waals surface area contributed by atoms with Crippen LogP contribution in [-0.4, -0.2) is 31.1 Å². The van der Waals surface area contributed by atoms with Gasteiger partial charge >= 0.3 is 0 Å². The first-order valence-electron chi connectivity index (χ1n) is 7.58. The molecule has 1 aromatic carbocycles. The quantitative estimate of drug-likeness (QED) is 0.817. The van der Waals surface area contributed by atoms with Crippen molar-refractivity contribution >= 4 is 19.2 Å². The SMILES string of the molecule is CC(C)(C)[Si](C)(C)OC[C@@H](O)Cc1cc2ccccc2[nH]1. The van der Waals surface area contributed by atoms with E-state index in [1.807, 2.05) is 12.1 Å². The summed E-state index contributed by atoms with van der Waals surface area (Å²) in [5.41, 5.74) is 2.17. The third-order valence-electron chi connectivity index (χ3n) is 4.48. The maximum absolute atomic E-state index is 10.2. The largest absolute Gasteiger partial charge is 0.414 e. The van der Waals surface area contributed by atoms with Crippen molar-refractivity contribution in [3.63, 3.8) is 0 Å². The van der Waals surface area contributed by atoms with Gasteiger partial charge in [0.25, 0.3) is 0 Å². The molecule has 1 aromatic heterocycles. The number of hydrogen-bond donors (Lipinski definition) is 2. The Hall–Kier alpha value is -1.10. The monoisotopic (exact) mass is 305 g/mol. The minimum absolute atomic E-state index is 0.174. The van der Waals surface area contributed by atoms with Crippen LogP contribution in [0.4, 0.5) is 0 Å². The van der Waals surface area contributed by atoms with E-state index < -0.39 is 14.4 Å². The first kappa shape index (κ1) is 16.3. The van der Waals surface area contributed by atoms with E-state index in [9.17, 15) is 5.11 Å². The molecule has 21 heavy (non-hydrogen) atoms. The molecule has 0 amide bonds. The molecule has 0 saturated heterocycles. The zero-order valence-electron chi connectivity index (χ0n) is 13.7. The molecule has 0 aliphatic rings. The van der Waals surface area contributed by atoms with Crippen LogP contribution in [0, 0.1) is 0 Å². The summed E-state index contributed by atoms with van der Waals surface area (Å²) in [5.74, 6) is 0. The van der Waals surface area contributed by atoms with Crippen molar-refractivity contribution in [2.75, 3.05) is 6.61 Å². The highest BCUT2D eigenvalue weighted by molar-refractivity contribution is 6.74. The third-order valence-corrected chi connectivity index (χ3v) is 8.98. The summed E-state index contributed by atoms with van der Waals surface area (Å²) in [7, 11) is -1.79. The van der Waals surface area contributed by atoms with Gasteiger partial charge in [-0.3, -0.25) is 0 Å². The summed E-state index contributed by atoms with van der Waals surface area (Å²) in [6.07, 6.45) is 0.135. The number of H-pyrrole nitrogens is 1. The fraction of sp³-hybridized carbons (Fsp3) is 0.529. The average Bonchev–Trinajstić information content (AvgIpc) is 2.77. The summed E-state index contributed by atoms with van der Waals surface area (Å²) in [6.45, 7) is 11.5. The van der Waals surface area contributed by atoms with Crippen molar-refractivity contribution in [1.29, 1.82) is 0 Å². The molecule has 4 heteroatoms. The molecule has 3 nitrogen and oxygen atoms in total. The van der Waals surface area contributed by atoms with Gasteiger partial charge in [0.1, 0.15) is 0 Å². The Morgan fingerprint density at radius 2 is 1.90 bits per heavy atom.